The second-order valence-corrected chi connectivity index (χ2v) is 13.0. The maximum Gasteiger partial charge on any atom is 0.0680 e. The van der Waals surface area contributed by atoms with Gasteiger partial charge in [0.15, 0.2) is 0 Å². The van der Waals surface area contributed by atoms with E-state index in [4.69, 9.17) is 5.73 Å². The monoisotopic (exact) mass is 312 g/mol. The Morgan fingerprint density at radius 3 is 2.23 bits per heavy atom. The minimum atomic E-state index is -0.965. The Labute approximate surface area is 135 Å². The van der Waals surface area contributed by atoms with Gasteiger partial charge in [0.2, 0.25) is 0 Å². The van der Waals surface area contributed by atoms with Gasteiger partial charge in [0, 0.05) is 20.5 Å². The number of nitrogens with two attached hydrogens (primary N) is 1. The van der Waals surface area contributed by atoms with Gasteiger partial charge >= 0.3 is 0 Å². The first-order chi connectivity index (χ1) is 10.4. The first-order valence-corrected chi connectivity index (χ1v) is 11.9. The fourth-order valence-corrected chi connectivity index (χ4v) is 4.19. The minimum absolute atomic E-state index is 0.436. The second kappa shape index (κ2) is 7.21. The highest BCUT2D eigenvalue weighted by Crippen LogP contribution is 2.32. The third kappa shape index (κ3) is 4.52. The molecule has 118 valence electrons. The maximum atomic E-state index is 6.86. The van der Waals surface area contributed by atoms with Crippen molar-refractivity contribution in [3.05, 3.63) is 66.0 Å². The Kier molecular flexibility index (Phi) is 5.54. The van der Waals surface area contributed by atoms with Crippen molar-refractivity contribution in [1.82, 2.24) is 4.98 Å². The standard InChI is InChI=1S/C19H28N2Si/c1-22(2,3)15-8-7-13-19(20,17-10-5-4-6-11-17)18-12-9-14-21-16-18/h4-6,9-12,14,16H,7-8,13,15,20H2,1-3H3. The maximum absolute atomic E-state index is 6.86. The third-order valence-corrected chi connectivity index (χ3v) is 6.07. The van der Waals surface area contributed by atoms with Gasteiger partial charge in [-0.25, -0.2) is 0 Å². The zero-order valence-electron chi connectivity index (χ0n) is 14.0. The quantitative estimate of drug-likeness (QED) is 0.589. The SMILES string of the molecule is C[Si](C)(C)CCCCC(N)(c1ccccc1)c1cccnc1. The van der Waals surface area contributed by atoms with Crippen molar-refractivity contribution in [2.24, 2.45) is 5.73 Å². The third-order valence-electron chi connectivity index (χ3n) is 4.21. The Morgan fingerprint density at radius 1 is 0.955 bits per heavy atom. The summed E-state index contributed by atoms with van der Waals surface area (Å²) < 4.78 is 0. The molecular formula is C19H28N2Si. The van der Waals surface area contributed by atoms with Gasteiger partial charge in [-0.2, -0.15) is 0 Å². The van der Waals surface area contributed by atoms with Gasteiger partial charge in [0.1, 0.15) is 0 Å². The van der Waals surface area contributed by atoms with E-state index in [1.807, 2.05) is 18.3 Å². The molecule has 0 aliphatic heterocycles. The summed E-state index contributed by atoms with van der Waals surface area (Å²) in [5.74, 6) is 0. The van der Waals surface area contributed by atoms with Gasteiger partial charge in [-0.3, -0.25) is 4.98 Å². The Morgan fingerprint density at radius 2 is 1.64 bits per heavy atom. The van der Waals surface area contributed by atoms with E-state index in [0.717, 1.165) is 18.4 Å². The molecule has 0 spiro atoms. The lowest BCUT2D eigenvalue weighted by Gasteiger charge is -2.31. The van der Waals surface area contributed by atoms with Crippen LogP contribution in [0, 0.1) is 0 Å². The van der Waals surface area contributed by atoms with Crippen LogP contribution in [0.4, 0.5) is 0 Å². The molecule has 1 unspecified atom stereocenters. The minimum Gasteiger partial charge on any atom is -0.318 e. The summed E-state index contributed by atoms with van der Waals surface area (Å²) in [7, 11) is -0.965. The molecule has 0 saturated heterocycles. The Balaban J connectivity index is 2.17. The van der Waals surface area contributed by atoms with Crippen LogP contribution in [0.1, 0.15) is 30.4 Å². The van der Waals surface area contributed by atoms with Crippen molar-refractivity contribution >= 4 is 8.07 Å². The number of hydrogen-bond donors (Lipinski definition) is 1. The molecule has 1 atom stereocenters. The lowest BCUT2D eigenvalue weighted by Crippen LogP contribution is -2.38. The molecule has 0 amide bonds. The van der Waals surface area contributed by atoms with Crippen LogP contribution < -0.4 is 5.73 Å². The smallest absolute Gasteiger partial charge is 0.0680 e. The van der Waals surface area contributed by atoms with E-state index in [1.165, 1.54) is 18.0 Å². The summed E-state index contributed by atoms with van der Waals surface area (Å²) in [5, 5.41) is 0. The fraction of sp³-hybridized carbons (Fsp3) is 0.421. The molecule has 0 bridgehead atoms. The van der Waals surface area contributed by atoms with Gasteiger partial charge in [-0.15, -0.1) is 0 Å². The number of benzene rings is 1. The normalized spacial score (nSPS) is 14.5. The topological polar surface area (TPSA) is 38.9 Å². The van der Waals surface area contributed by atoms with Crippen LogP contribution in [0.25, 0.3) is 0 Å². The second-order valence-electron chi connectivity index (χ2n) is 7.35. The average Bonchev–Trinajstić information content (AvgIpc) is 2.52. The highest BCUT2D eigenvalue weighted by Gasteiger charge is 2.29. The molecule has 0 fully saturated rings. The van der Waals surface area contributed by atoms with E-state index in [2.05, 4.69) is 55.0 Å². The predicted octanol–water partition coefficient (Wildman–Crippen LogP) is 4.79. The van der Waals surface area contributed by atoms with Crippen LogP contribution >= 0.6 is 0 Å². The molecule has 0 aliphatic carbocycles. The first kappa shape index (κ1) is 16.9. The van der Waals surface area contributed by atoms with Crippen molar-refractivity contribution < 1.29 is 0 Å². The zero-order chi connectivity index (χ0) is 16.1. The van der Waals surface area contributed by atoms with E-state index < -0.39 is 13.6 Å². The molecule has 2 rings (SSSR count). The molecule has 0 aliphatic rings. The number of nitrogens with zero attached hydrogens (tertiary/aromatic N) is 1. The number of aromatic nitrogens is 1. The van der Waals surface area contributed by atoms with Crippen molar-refractivity contribution in [3.8, 4) is 0 Å². The molecule has 1 aromatic carbocycles. The lowest BCUT2D eigenvalue weighted by atomic mass is 9.80. The summed E-state index contributed by atoms with van der Waals surface area (Å²) in [6.07, 6.45) is 7.10. The average molecular weight is 313 g/mol. The Bertz CT molecular complexity index is 521. The van der Waals surface area contributed by atoms with Crippen molar-refractivity contribution in [1.29, 1.82) is 0 Å². The first-order valence-electron chi connectivity index (χ1n) is 8.17. The largest absolute Gasteiger partial charge is 0.318 e. The Hall–Kier alpha value is -1.45. The van der Waals surface area contributed by atoms with Crippen molar-refractivity contribution in [2.75, 3.05) is 0 Å². The van der Waals surface area contributed by atoms with Gasteiger partial charge in [0.05, 0.1) is 5.54 Å². The van der Waals surface area contributed by atoms with E-state index in [1.54, 1.807) is 6.20 Å². The summed E-state index contributed by atoms with van der Waals surface area (Å²) in [6, 6.07) is 15.9. The van der Waals surface area contributed by atoms with Crippen LogP contribution in [0.2, 0.25) is 25.7 Å². The van der Waals surface area contributed by atoms with Crippen LogP contribution in [0.3, 0.4) is 0 Å². The molecule has 1 aromatic heterocycles. The summed E-state index contributed by atoms with van der Waals surface area (Å²) in [5.41, 5.74) is 8.71. The molecule has 0 saturated carbocycles. The van der Waals surface area contributed by atoms with E-state index in [0.29, 0.717) is 0 Å². The molecule has 0 radical (unpaired) electrons. The molecule has 2 aromatic rings. The van der Waals surface area contributed by atoms with Gasteiger partial charge in [-0.05, 0) is 23.6 Å². The molecule has 22 heavy (non-hydrogen) atoms. The lowest BCUT2D eigenvalue weighted by molar-refractivity contribution is 0.467. The zero-order valence-corrected chi connectivity index (χ0v) is 15.0. The van der Waals surface area contributed by atoms with E-state index in [-0.39, 0.29) is 0 Å². The number of unbranched alkanes of at least 4 members (excludes halogenated alkanes) is 1. The van der Waals surface area contributed by atoms with Gasteiger partial charge in [-0.1, -0.05) is 74.9 Å². The molecule has 1 heterocycles. The number of pyridine rings is 1. The van der Waals surface area contributed by atoms with E-state index in [9.17, 15) is 0 Å². The van der Waals surface area contributed by atoms with Crippen molar-refractivity contribution in [2.45, 2.75) is 50.5 Å². The number of hydrogen-bond acceptors (Lipinski definition) is 2. The molecule has 2 nitrogen and oxygen atoms in total. The van der Waals surface area contributed by atoms with E-state index >= 15 is 0 Å². The summed E-state index contributed by atoms with van der Waals surface area (Å²) in [4.78, 5) is 4.27. The molecular weight excluding hydrogens is 284 g/mol. The van der Waals surface area contributed by atoms with Crippen LogP contribution in [0.15, 0.2) is 54.9 Å². The summed E-state index contributed by atoms with van der Waals surface area (Å²) >= 11 is 0. The highest BCUT2D eigenvalue weighted by atomic mass is 28.3. The summed E-state index contributed by atoms with van der Waals surface area (Å²) in [6.45, 7) is 7.29. The number of rotatable bonds is 7. The van der Waals surface area contributed by atoms with Crippen molar-refractivity contribution in [3.63, 3.8) is 0 Å². The highest BCUT2D eigenvalue weighted by molar-refractivity contribution is 6.76. The molecule has 3 heteroatoms. The van der Waals surface area contributed by atoms with Crippen LogP contribution in [0.5, 0.6) is 0 Å². The predicted molar refractivity (Wildman–Crippen MR) is 97.7 cm³/mol. The fourth-order valence-electron chi connectivity index (χ4n) is 2.88. The molecule has 2 N–H and O–H groups in total. The van der Waals surface area contributed by atoms with Gasteiger partial charge < -0.3 is 5.73 Å². The van der Waals surface area contributed by atoms with Crippen LogP contribution in [-0.2, 0) is 5.54 Å². The van der Waals surface area contributed by atoms with Crippen LogP contribution in [-0.4, -0.2) is 13.1 Å². The van der Waals surface area contributed by atoms with Gasteiger partial charge in [0.25, 0.3) is 0 Å².